The van der Waals surface area contributed by atoms with E-state index < -0.39 is 6.17 Å². The second-order valence-electron chi connectivity index (χ2n) is 7.65. The Kier molecular flexibility index (Phi) is 14.0. The van der Waals surface area contributed by atoms with Crippen LogP contribution < -0.4 is 5.32 Å². The van der Waals surface area contributed by atoms with E-state index in [2.05, 4.69) is 16.9 Å². The number of aromatic nitrogens is 1. The van der Waals surface area contributed by atoms with Gasteiger partial charge in [0.25, 0.3) is 0 Å². The van der Waals surface area contributed by atoms with Gasteiger partial charge in [0.15, 0.2) is 5.78 Å². The standard InChI is InChI=1S/C22H23FN2O.C7H7F.C2H6/c1-5-6-19(8-7-15(2)23)22-14-21(13-16(3)24-22)25-20-11-9-18(10-12-20)17(4)26;8-7-5-3-1-2-4-6-7;1-2/h5-15H,1H2,2-4H3,(H,24,25);1,3-6H,2H2;1-2H3/b8-7-,19-6+;;. The molecule has 3 nitrogen and oxygen atoms in total. The lowest BCUT2D eigenvalue weighted by molar-refractivity contribution is 0.101. The van der Waals surface area contributed by atoms with Crippen molar-refractivity contribution < 1.29 is 13.6 Å². The molecule has 1 aromatic heterocycles. The van der Waals surface area contributed by atoms with E-state index in [1.807, 2.05) is 51.1 Å². The summed E-state index contributed by atoms with van der Waals surface area (Å²) in [6.07, 6.45) is 14.8. The minimum Gasteiger partial charge on any atom is -0.355 e. The molecule has 0 bridgehead atoms. The van der Waals surface area contributed by atoms with Gasteiger partial charge in [0.2, 0.25) is 0 Å². The van der Waals surface area contributed by atoms with Gasteiger partial charge in [0, 0.05) is 22.6 Å². The molecule has 0 spiro atoms. The number of halogens is 2. The lowest BCUT2D eigenvalue weighted by Crippen LogP contribution is -1.98. The van der Waals surface area contributed by atoms with Gasteiger partial charge >= 0.3 is 0 Å². The number of allylic oxidation sites excluding steroid dienone is 11. The zero-order valence-corrected chi connectivity index (χ0v) is 21.8. The van der Waals surface area contributed by atoms with Crippen LogP contribution in [0.2, 0.25) is 0 Å². The van der Waals surface area contributed by atoms with E-state index in [0.29, 0.717) is 5.56 Å². The van der Waals surface area contributed by atoms with Crippen molar-refractivity contribution in [2.45, 2.75) is 47.2 Å². The molecule has 1 N–H and O–H groups in total. The maximum atomic E-state index is 13.2. The van der Waals surface area contributed by atoms with Crippen molar-refractivity contribution in [3.8, 4) is 0 Å². The number of nitrogens with one attached hydrogen (secondary N) is 1. The normalized spacial score (nSPS) is 13.4. The van der Waals surface area contributed by atoms with E-state index in [1.54, 1.807) is 49.4 Å². The summed E-state index contributed by atoms with van der Waals surface area (Å²) < 4.78 is 25.3. The Hall–Kier alpha value is -3.86. The zero-order valence-electron chi connectivity index (χ0n) is 21.8. The molecular formula is C31H36F2N2O. The Bertz CT molecular complexity index is 1140. The molecule has 1 atom stereocenters. The van der Waals surface area contributed by atoms with Crippen LogP contribution >= 0.6 is 0 Å². The Morgan fingerprint density at radius 2 is 1.83 bits per heavy atom. The van der Waals surface area contributed by atoms with E-state index in [-0.39, 0.29) is 11.6 Å². The second kappa shape index (κ2) is 16.7. The van der Waals surface area contributed by atoms with Crippen LogP contribution in [0.4, 0.5) is 20.2 Å². The minimum absolute atomic E-state index is 0.0340. The zero-order chi connectivity index (χ0) is 26.9. The molecule has 0 saturated heterocycles. The summed E-state index contributed by atoms with van der Waals surface area (Å²) in [5, 5.41) is 3.31. The fraction of sp³-hybridized carbons (Fsp3) is 0.226. The number of benzene rings is 1. The molecule has 1 aliphatic carbocycles. The SMILES string of the molecule is C=C/C=C(\C=C/C(C)F)c1cc(Nc2ccc(C(C)=O)cc2)cc(C)n1.CC.FC1=CC=CCC=C1. The van der Waals surface area contributed by atoms with Gasteiger partial charge in [0.05, 0.1) is 5.69 Å². The lowest BCUT2D eigenvalue weighted by atomic mass is 10.1. The molecule has 0 radical (unpaired) electrons. The largest absolute Gasteiger partial charge is 0.355 e. The molecule has 0 saturated carbocycles. The fourth-order valence-electron chi connectivity index (χ4n) is 2.99. The van der Waals surface area contributed by atoms with E-state index in [1.165, 1.54) is 25.2 Å². The third-order valence-corrected chi connectivity index (χ3v) is 4.61. The number of ketones is 1. The Morgan fingerprint density at radius 1 is 1.14 bits per heavy atom. The molecule has 190 valence electrons. The average Bonchev–Trinajstić information content (AvgIpc) is 3.10. The summed E-state index contributed by atoms with van der Waals surface area (Å²) in [5.74, 6) is -0.134. The van der Waals surface area contributed by atoms with Crippen molar-refractivity contribution >= 4 is 22.7 Å². The van der Waals surface area contributed by atoms with Crippen LogP contribution in [0, 0.1) is 6.92 Å². The van der Waals surface area contributed by atoms with Crippen molar-refractivity contribution in [1.82, 2.24) is 4.98 Å². The van der Waals surface area contributed by atoms with Crippen molar-refractivity contribution in [1.29, 1.82) is 0 Å². The molecule has 0 aliphatic heterocycles. The van der Waals surface area contributed by atoms with Crippen LogP contribution in [-0.4, -0.2) is 16.9 Å². The first-order valence-electron chi connectivity index (χ1n) is 12.0. The highest BCUT2D eigenvalue weighted by Crippen LogP contribution is 2.23. The molecule has 5 heteroatoms. The van der Waals surface area contributed by atoms with Crippen LogP contribution in [0.3, 0.4) is 0 Å². The van der Waals surface area contributed by atoms with Crippen molar-refractivity contribution in [3.05, 3.63) is 120 Å². The lowest BCUT2D eigenvalue weighted by Gasteiger charge is -2.11. The number of anilines is 2. The number of alkyl halides is 1. The topological polar surface area (TPSA) is 42.0 Å². The molecule has 0 amide bonds. The van der Waals surface area contributed by atoms with Gasteiger partial charge in [0.1, 0.15) is 12.0 Å². The molecule has 0 fully saturated rings. The monoisotopic (exact) mass is 490 g/mol. The predicted octanol–water partition coefficient (Wildman–Crippen LogP) is 9.20. The average molecular weight is 491 g/mol. The number of hydrogen-bond donors (Lipinski definition) is 1. The Balaban J connectivity index is 0.000000543. The molecule has 1 aliphatic rings. The molecule has 2 aromatic rings. The predicted molar refractivity (Wildman–Crippen MR) is 150 cm³/mol. The minimum atomic E-state index is -1.04. The number of carbonyl (C=O) groups is 1. The third-order valence-electron chi connectivity index (χ3n) is 4.61. The van der Waals surface area contributed by atoms with Crippen LogP contribution in [0.5, 0.6) is 0 Å². The van der Waals surface area contributed by atoms with Crippen LogP contribution in [0.15, 0.2) is 103 Å². The second-order valence-corrected chi connectivity index (χ2v) is 7.65. The van der Waals surface area contributed by atoms with Gasteiger partial charge in [-0.15, -0.1) is 0 Å². The molecule has 1 heterocycles. The van der Waals surface area contributed by atoms with E-state index >= 15 is 0 Å². The fourth-order valence-corrected chi connectivity index (χ4v) is 2.99. The van der Waals surface area contributed by atoms with Gasteiger partial charge in [-0.3, -0.25) is 9.78 Å². The molecule has 3 rings (SSSR count). The van der Waals surface area contributed by atoms with E-state index in [0.717, 1.165) is 34.8 Å². The summed E-state index contributed by atoms with van der Waals surface area (Å²) >= 11 is 0. The van der Waals surface area contributed by atoms with Crippen LogP contribution in [0.1, 0.15) is 55.9 Å². The summed E-state index contributed by atoms with van der Waals surface area (Å²) in [6, 6.07) is 11.1. The quantitative estimate of drug-likeness (QED) is 0.311. The number of carbonyl (C=O) groups excluding carboxylic acids is 1. The number of pyridine rings is 1. The first-order chi connectivity index (χ1) is 17.3. The van der Waals surface area contributed by atoms with Crippen LogP contribution in [0.25, 0.3) is 5.57 Å². The highest BCUT2D eigenvalue weighted by molar-refractivity contribution is 5.94. The van der Waals surface area contributed by atoms with Gasteiger partial charge in [-0.1, -0.05) is 63.0 Å². The highest BCUT2D eigenvalue weighted by Gasteiger charge is 2.06. The summed E-state index contributed by atoms with van der Waals surface area (Å²) in [5.41, 5.74) is 4.74. The molecule has 1 aromatic carbocycles. The number of Topliss-reactive ketones (excluding diaryl/α,β-unsaturated/α-hetero) is 1. The summed E-state index contributed by atoms with van der Waals surface area (Å²) in [7, 11) is 0. The third kappa shape index (κ3) is 11.5. The Labute approximate surface area is 214 Å². The number of rotatable bonds is 7. The number of hydrogen-bond acceptors (Lipinski definition) is 3. The number of aryl methyl sites for hydroxylation is 1. The Morgan fingerprint density at radius 3 is 2.44 bits per heavy atom. The summed E-state index contributed by atoms with van der Waals surface area (Å²) in [4.78, 5) is 15.9. The van der Waals surface area contributed by atoms with Gasteiger partial charge in [-0.2, -0.15) is 0 Å². The smallest absolute Gasteiger partial charge is 0.159 e. The maximum Gasteiger partial charge on any atom is 0.159 e. The van der Waals surface area contributed by atoms with E-state index in [4.69, 9.17) is 0 Å². The van der Waals surface area contributed by atoms with E-state index in [9.17, 15) is 13.6 Å². The van der Waals surface area contributed by atoms with Crippen molar-refractivity contribution in [2.75, 3.05) is 5.32 Å². The first-order valence-corrected chi connectivity index (χ1v) is 12.0. The molecular weight excluding hydrogens is 454 g/mol. The van der Waals surface area contributed by atoms with Gasteiger partial charge in [-0.05, 0) is 81.3 Å². The highest BCUT2D eigenvalue weighted by atomic mass is 19.1. The number of nitrogens with zero attached hydrogens (tertiary/aromatic N) is 1. The maximum absolute atomic E-state index is 13.2. The van der Waals surface area contributed by atoms with Gasteiger partial charge < -0.3 is 5.32 Å². The van der Waals surface area contributed by atoms with Gasteiger partial charge in [-0.25, -0.2) is 8.78 Å². The van der Waals surface area contributed by atoms with Crippen molar-refractivity contribution in [2.24, 2.45) is 0 Å². The molecule has 36 heavy (non-hydrogen) atoms. The van der Waals surface area contributed by atoms with Crippen molar-refractivity contribution in [3.63, 3.8) is 0 Å². The first kappa shape index (κ1) is 30.2. The summed E-state index contributed by atoms with van der Waals surface area (Å²) in [6.45, 7) is 12.6. The van der Waals surface area contributed by atoms with Crippen LogP contribution in [-0.2, 0) is 0 Å². The molecule has 1 unspecified atom stereocenters.